The molecule has 0 amide bonds. The summed E-state index contributed by atoms with van der Waals surface area (Å²) in [6.45, 7) is 0. The number of rotatable bonds is 4. The van der Waals surface area contributed by atoms with Crippen LogP contribution in [0.25, 0.3) is 0 Å². The van der Waals surface area contributed by atoms with Gasteiger partial charge in [0.1, 0.15) is 0 Å². The summed E-state index contributed by atoms with van der Waals surface area (Å²) in [5.74, 6) is 0.436. The Labute approximate surface area is 166 Å². The lowest BCUT2D eigenvalue weighted by atomic mass is 9.78. The van der Waals surface area contributed by atoms with E-state index in [1.54, 1.807) is 0 Å². The SMILES string of the molecule is C1=C(Cc2ccccc2)C2=NN(c3ccccc3)C(c3ccccc3)C2CC1. The summed E-state index contributed by atoms with van der Waals surface area (Å²) >= 11 is 0. The zero-order valence-corrected chi connectivity index (χ0v) is 15.9. The van der Waals surface area contributed by atoms with Crippen LogP contribution in [0.2, 0.25) is 0 Å². The van der Waals surface area contributed by atoms with Gasteiger partial charge in [-0.3, -0.25) is 5.01 Å². The van der Waals surface area contributed by atoms with Crippen LogP contribution in [0.1, 0.15) is 30.0 Å². The monoisotopic (exact) mass is 364 g/mol. The quantitative estimate of drug-likeness (QED) is 0.539. The number of fused-ring (bicyclic) bond motifs is 1. The predicted octanol–water partition coefficient (Wildman–Crippen LogP) is 6.18. The molecular formula is C26H24N2. The van der Waals surface area contributed by atoms with Crippen LogP contribution >= 0.6 is 0 Å². The fourth-order valence-electron chi connectivity index (χ4n) is 4.51. The number of hydrazone groups is 1. The first-order chi connectivity index (χ1) is 13.9. The van der Waals surface area contributed by atoms with E-state index in [0.717, 1.165) is 24.9 Å². The minimum absolute atomic E-state index is 0.262. The number of hydrogen-bond acceptors (Lipinski definition) is 2. The van der Waals surface area contributed by atoms with E-state index in [1.165, 1.54) is 22.4 Å². The predicted molar refractivity (Wildman–Crippen MR) is 116 cm³/mol. The van der Waals surface area contributed by atoms with Gasteiger partial charge in [0.15, 0.2) is 0 Å². The molecule has 1 aliphatic heterocycles. The number of allylic oxidation sites excluding steroid dienone is 2. The minimum atomic E-state index is 0.262. The van der Waals surface area contributed by atoms with Gasteiger partial charge in [0.05, 0.1) is 17.4 Å². The van der Waals surface area contributed by atoms with Crippen molar-refractivity contribution in [3.8, 4) is 0 Å². The molecular weight excluding hydrogens is 340 g/mol. The molecule has 0 fully saturated rings. The van der Waals surface area contributed by atoms with E-state index in [2.05, 4.69) is 102 Å². The number of anilines is 1. The molecule has 2 unspecified atom stereocenters. The molecule has 2 heteroatoms. The summed E-state index contributed by atoms with van der Waals surface area (Å²) < 4.78 is 0. The Morgan fingerprint density at radius 3 is 2.14 bits per heavy atom. The van der Waals surface area contributed by atoms with Gasteiger partial charge in [-0.15, -0.1) is 0 Å². The fourth-order valence-corrected chi connectivity index (χ4v) is 4.51. The van der Waals surface area contributed by atoms with Gasteiger partial charge in [0, 0.05) is 5.92 Å². The molecule has 138 valence electrons. The van der Waals surface area contributed by atoms with Crippen LogP contribution < -0.4 is 5.01 Å². The van der Waals surface area contributed by atoms with Crippen LogP contribution in [0, 0.1) is 5.92 Å². The summed E-state index contributed by atoms with van der Waals surface area (Å²) in [5.41, 5.74) is 6.52. The lowest BCUT2D eigenvalue weighted by molar-refractivity contribution is 0.514. The van der Waals surface area contributed by atoms with Crippen molar-refractivity contribution in [2.45, 2.75) is 25.3 Å². The van der Waals surface area contributed by atoms with Gasteiger partial charge >= 0.3 is 0 Å². The first-order valence-electron chi connectivity index (χ1n) is 10.1. The van der Waals surface area contributed by atoms with E-state index in [9.17, 15) is 0 Å². The van der Waals surface area contributed by atoms with E-state index >= 15 is 0 Å². The average molecular weight is 364 g/mol. The molecule has 0 aromatic heterocycles. The number of benzene rings is 3. The molecule has 2 atom stereocenters. The highest BCUT2D eigenvalue weighted by Gasteiger charge is 2.41. The maximum Gasteiger partial charge on any atom is 0.0860 e. The number of nitrogens with zero attached hydrogens (tertiary/aromatic N) is 2. The lowest BCUT2D eigenvalue weighted by Crippen LogP contribution is -2.27. The first-order valence-corrected chi connectivity index (χ1v) is 10.1. The maximum absolute atomic E-state index is 5.20. The Kier molecular flexibility index (Phi) is 4.54. The van der Waals surface area contributed by atoms with E-state index in [1.807, 2.05) is 0 Å². The van der Waals surface area contributed by atoms with E-state index in [4.69, 9.17) is 5.10 Å². The molecule has 0 bridgehead atoms. The zero-order valence-electron chi connectivity index (χ0n) is 15.9. The largest absolute Gasteiger partial charge is 0.257 e. The van der Waals surface area contributed by atoms with Gasteiger partial charge < -0.3 is 0 Å². The van der Waals surface area contributed by atoms with Crippen LogP contribution in [0.3, 0.4) is 0 Å². The van der Waals surface area contributed by atoms with Gasteiger partial charge in [0.2, 0.25) is 0 Å². The van der Waals surface area contributed by atoms with Gasteiger partial charge in [-0.2, -0.15) is 5.10 Å². The highest BCUT2D eigenvalue weighted by molar-refractivity contribution is 6.05. The Balaban J connectivity index is 1.55. The second kappa shape index (κ2) is 7.47. The topological polar surface area (TPSA) is 15.6 Å². The first kappa shape index (κ1) is 17.0. The van der Waals surface area contributed by atoms with Crippen molar-refractivity contribution in [3.05, 3.63) is 114 Å². The second-order valence-electron chi connectivity index (χ2n) is 7.60. The molecule has 0 N–H and O–H groups in total. The van der Waals surface area contributed by atoms with Gasteiger partial charge in [-0.1, -0.05) is 84.9 Å². The molecule has 1 heterocycles. The van der Waals surface area contributed by atoms with E-state index in [-0.39, 0.29) is 6.04 Å². The summed E-state index contributed by atoms with van der Waals surface area (Å²) in [4.78, 5) is 0. The molecule has 0 saturated heterocycles. The van der Waals surface area contributed by atoms with Crippen LogP contribution in [0.15, 0.2) is 108 Å². The van der Waals surface area contributed by atoms with Crippen molar-refractivity contribution in [2.24, 2.45) is 11.0 Å². The second-order valence-corrected chi connectivity index (χ2v) is 7.60. The molecule has 3 aromatic rings. The van der Waals surface area contributed by atoms with Crippen LogP contribution in [-0.2, 0) is 6.42 Å². The molecule has 1 aliphatic carbocycles. The molecule has 0 radical (unpaired) electrons. The number of hydrogen-bond donors (Lipinski definition) is 0. The van der Waals surface area contributed by atoms with Crippen LogP contribution in [-0.4, -0.2) is 5.71 Å². The lowest BCUT2D eigenvalue weighted by Gasteiger charge is -2.30. The maximum atomic E-state index is 5.20. The number of para-hydroxylation sites is 1. The van der Waals surface area contributed by atoms with Crippen molar-refractivity contribution >= 4 is 11.4 Å². The Morgan fingerprint density at radius 2 is 1.43 bits per heavy atom. The van der Waals surface area contributed by atoms with E-state index in [0.29, 0.717) is 5.92 Å². The molecule has 0 spiro atoms. The summed E-state index contributed by atoms with van der Waals surface area (Å²) in [6.07, 6.45) is 5.64. The molecule has 3 aromatic carbocycles. The summed E-state index contributed by atoms with van der Waals surface area (Å²) in [5, 5.41) is 7.45. The van der Waals surface area contributed by atoms with Gasteiger partial charge in [-0.05, 0) is 48.1 Å². The average Bonchev–Trinajstić information content (AvgIpc) is 3.16. The van der Waals surface area contributed by atoms with Crippen molar-refractivity contribution in [3.63, 3.8) is 0 Å². The summed E-state index contributed by atoms with van der Waals surface area (Å²) in [7, 11) is 0. The van der Waals surface area contributed by atoms with Crippen molar-refractivity contribution in [1.29, 1.82) is 0 Å². The van der Waals surface area contributed by atoms with E-state index < -0.39 is 0 Å². The Morgan fingerprint density at radius 1 is 0.786 bits per heavy atom. The summed E-state index contributed by atoms with van der Waals surface area (Å²) in [6, 6.07) is 32.5. The molecule has 2 nitrogen and oxygen atoms in total. The van der Waals surface area contributed by atoms with Crippen LogP contribution in [0.5, 0.6) is 0 Å². The van der Waals surface area contributed by atoms with Crippen molar-refractivity contribution < 1.29 is 0 Å². The Hall–Kier alpha value is -3.13. The van der Waals surface area contributed by atoms with Crippen LogP contribution in [0.4, 0.5) is 5.69 Å². The van der Waals surface area contributed by atoms with Gasteiger partial charge in [-0.25, -0.2) is 0 Å². The standard InChI is InChI=1S/C26H24N2/c1-4-11-20(12-5-1)19-22-15-10-18-24-25(22)27-28(23-16-8-3-9-17-23)26(24)21-13-6-2-7-14-21/h1-9,11-17,24,26H,10,18-19H2. The third kappa shape index (κ3) is 3.16. The molecule has 2 aliphatic rings. The third-order valence-corrected chi connectivity index (χ3v) is 5.81. The molecule has 28 heavy (non-hydrogen) atoms. The molecule has 5 rings (SSSR count). The Bertz CT molecular complexity index is 990. The van der Waals surface area contributed by atoms with Crippen molar-refractivity contribution in [1.82, 2.24) is 0 Å². The normalized spacial score (nSPS) is 21.1. The molecule has 0 saturated carbocycles. The minimum Gasteiger partial charge on any atom is -0.257 e. The zero-order chi connectivity index (χ0) is 18.8. The highest BCUT2D eigenvalue weighted by Crippen LogP contribution is 2.44. The third-order valence-electron chi connectivity index (χ3n) is 5.81. The van der Waals surface area contributed by atoms with Gasteiger partial charge in [0.25, 0.3) is 0 Å². The van der Waals surface area contributed by atoms with Crippen molar-refractivity contribution in [2.75, 3.05) is 5.01 Å². The highest BCUT2D eigenvalue weighted by atomic mass is 15.5. The fraction of sp³-hybridized carbons (Fsp3) is 0.192. The smallest absolute Gasteiger partial charge is 0.0860 e.